The summed E-state index contributed by atoms with van der Waals surface area (Å²) in [6.07, 6.45) is 7.35. The standard InChI is InChI=1S/C36H38N4O5/c41-33(15-8-26-6-9-28(10-7-26)31-22-37-25-38-23-31)40-20-17-30(18-21-40)35(36(44)39-19-16-34(42)43)29-11-13-32(14-12-29)45-24-27-4-2-1-3-5-27/h1-7,9-14,22-23,25,30,35H,8,15-21,24H2,(H,39,44)(H,42,43)/t35-/m1/s1. The van der Waals surface area contributed by atoms with Crippen molar-refractivity contribution in [3.63, 3.8) is 0 Å². The molecule has 0 radical (unpaired) electrons. The van der Waals surface area contributed by atoms with E-state index in [1.165, 1.54) is 6.33 Å². The van der Waals surface area contributed by atoms with E-state index in [0.717, 1.165) is 27.8 Å². The SMILES string of the molecule is O=C(O)CCNC(=O)[C@H](c1ccc(OCc2ccccc2)cc1)C1CCN(C(=O)CCc2ccc(-c3cncnc3)cc2)CC1. The average Bonchev–Trinajstić information content (AvgIpc) is 3.08. The first-order valence-electron chi connectivity index (χ1n) is 15.3. The zero-order valence-electron chi connectivity index (χ0n) is 25.2. The maximum absolute atomic E-state index is 13.4. The topological polar surface area (TPSA) is 122 Å². The molecule has 1 saturated heterocycles. The van der Waals surface area contributed by atoms with Crippen LogP contribution in [-0.2, 0) is 27.4 Å². The van der Waals surface area contributed by atoms with E-state index in [2.05, 4.69) is 15.3 Å². The van der Waals surface area contributed by atoms with Crippen molar-refractivity contribution in [2.24, 2.45) is 5.92 Å². The van der Waals surface area contributed by atoms with Gasteiger partial charge in [-0.2, -0.15) is 0 Å². The number of aliphatic carboxylic acids is 1. The highest BCUT2D eigenvalue weighted by Crippen LogP contribution is 2.34. The van der Waals surface area contributed by atoms with Gasteiger partial charge < -0.3 is 20.1 Å². The molecule has 0 spiro atoms. The minimum absolute atomic E-state index is 0.0180. The molecular formula is C36H38N4O5. The van der Waals surface area contributed by atoms with Gasteiger partial charge in [0.1, 0.15) is 18.7 Å². The van der Waals surface area contributed by atoms with E-state index in [9.17, 15) is 14.4 Å². The predicted molar refractivity (Wildman–Crippen MR) is 170 cm³/mol. The number of ether oxygens (including phenoxy) is 1. The molecular weight excluding hydrogens is 568 g/mol. The molecule has 0 bridgehead atoms. The van der Waals surface area contributed by atoms with Crippen LogP contribution < -0.4 is 10.1 Å². The number of piperidine rings is 1. The quantitative estimate of drug-likeness (QED) is 0.213. The number of aryl methyl sites for hydroxylation is 1. The molecule has 2 heterocycles. The Labute approximate surface area is 263 Å². The number of nitrogens with one attached hydrogen (secondary N) is 1. The Hall–Kier alpha value is -5.05. The van der Waals surface area contributed by atoms with E-state index in [0.29, 0.717) is 51.1 Å². The molecule has 1 fully saturated rings. The van der Waals surface area contributed by atoms with Crippen LogP contribution in [0.2, 0.25) is 0 Å². The highest BCUT2D eigenvalue weighted by Gasteiger charge is 2.33. The van der Waals surface area contributed by atoms with Gasteiger partial charge in [-0.1, -0.05) is 66.7 Å². The smallest absolute Gasteiger partial charge is 0.305 e. The van der Waals surface area contributed by atoms with Crippen LogP contribution in [0.25, 0.3) is 11.1 Å². The highest BCUT2D eigenvalue weighted by atomic mass is 16.5. The number of likely N-dealkylation sites (tertiary alicyclic amines) is 1. The van der Waals surface area contributed by atoms with Crippen molar-refractivity contribution < 1.29 is 24.2 Å². The summed E-state index contributed by atoms with van der Waals surface area (Å²) in [5.41, 5.74) is 4.99. The molecule has 1 aliphatic rings. The van der Waals surface area contributed by atoms with Crippen LogP contribution >= 0.6 is 0 Å². The summed E-state index contributed by atoms with van der Waals surface area (Å²) in [5, 5.41) is 11.9. The molecule has 45 heavy (non-hydrogen) atoms. The van der Waals surface area contributed by atoms with E-state index in [-0.39, 0.29) is 30.7 Å². The number of hydrogen-bond donors (Lipinski definition) is 2. The average molecular weight is 607 g/mol. The third-order valence-electron chi connectivity index (χ3n) is 8.25. The fourth-order valence-corrected chi connectivity index (χ4v) is 5.76. The molecule has 2 N–H and O–H groups in total. The van der Waals surface area contributed by atoms with Crippen molar-refractivity contribution >= 4 is 17.8 Å². The van der Waals surface area contributed by atoms with Gasteiger partial charge in [-0.05, 0) is 59.6 Å². The highest BCUT2D eigenvalue weighted by molar-refractivity contribution is 5.84. The van der Waals surface area contributed by atoms with Gasteiger partial charge in [-0.15, -0.1) is 0 Å². The number of hydrogen-bond acceptors (Lipinski definition) is 6. The van der Waals surface area contributed by atoms with Crippen LogP contribution in [0.1, 0.15) is 48.3 Å². The number of amides is 2. The molecule has 4 aromatic rings. The van der Waals surface area contributed by atoms with Crippen LogP contribution in [-0.4, -0.2) is 57.4 Å². The minimum Gasteiger partial charge on any atom is -0.489 e. The Morgan fingerprint density at radius 2 is 1.53 bits per heavy atom. The van der Waals surface area contributed by atoms with E-state index in [1.54, 1.807) is 12.4 Å². The number of carbonyl (C=O) groups excluding carboxylic acids is 2. The molecule has 1 aliphatic heterocycles. The summed E-state index contributed by atoms with van der Waals surface area (Å²) in [5.74, 6) is -0.768. The van der Waals surface area contributed by atoms with E-state index in [1.807, 2.05) is 83.8 Å². The zero-order chi connectivity index (χ0) is 31.4. The van der Waals surface area contributed by atoms with Crippen LogP contribution in [0.5, 0.6) is 5.75 Å². The van der Waals surface area contributed by atoms with Crippen molar-refractivity contribution in [2.75, 3.05) is 19.6 Å². The lowest BCUT2D eigenvalue weighted by molar-refractivity contribution is -0.137. The number of rotatable bonds is 13. The molecule has 1 aromatic heterocycles. The number of carbonyl (C=O) groups is 3. The molecule has 9 nitrogen and oxygen atoms in total. The molecule has 3 aromatic carbocycles. The van der Waals surface area contributed by atoms with Crippen molar-refractivity contribution in [3.05, 3.63) is 114 Å². The first-order chi connectivity index (χ1) is 22.0. The molecule has 5 rings (SSSR count). The van der Waals surface area contributed by atoms with Crippen LogP contribution in [0.4, 0.5) is 0 Å². The van der Waals surface area contributed by atoms with Crippen molar-refractivity contribution in [2.45, 2.75) is 44.6 Å². The Morgan fingerprint density at radius 1 is 0.844 bits per heavy atom. The number of carboxylic acids is 1. The van der Waals surface area contributed by atoms with Gasteiger partial charge in [-0.25, -0.2) is 9.97 Å². The van der Waals surface area contributed by atoms with Gasteiger partial charge in [0.25, 0.3) is 0 Å². The lowest BCUT2D eigenvalue weighted by atomic mass is 9.79. The van der Waals surface area contributed by atoms with E-state index in [4.69, 9.17) is 9.84 Å². The van der Waals surface area contributed by atoms with Crippen molar-refractivity contribution in [1.82, 2.24) is 20.2 Å². The fraction of sp³-hybridized carbons (Fsp3) is 0.306. The van der Waals surface area contributed by atoms with Gasteiger partial charge in [-0.3, -0.25) is 14.4 Å². The maximum atomic E-state index is 13.4. The zero-order valence-corrected chi connectivity index (χ0v) is 25.2. The van der Waals surface area contributed by atoms with Crippen LogP contribution in [0.15, 0.2) is 97.6 Å². The van der Waals surface area contributed by atoms with Gasteiger partial charge in [0, 0.05) is 44.0 Å². The van der Waals surface area contributed by atoms with Crippen LogP contribution in [0, 0.1) is 5.92 Å². The summed E-state index contributed by atoms with van der Waals surface area (Å²) in [4.78, 5) is 47.6. The monoisotopic (exact) mass is 606 g/mol. The predicted octanol–water partition coefficient (Wildman–Crippen LogP) is 5.27. The maximum Gasteiger partial charge on any atom is 0.305 e. The Bertz CT molecular complexity index is 1540. The van der Waals surface area contributed by atoms with Gasteiger partial charge in [0.2, 0.25) is 11.8 Å². The largest absolute Gasteiger partial charge is 0.489 e. The Kier molecular flexibility index (Phi) is 10.9. The third kappa shape index (κ3) is 8.98. The second-order valence-corrected chi connectivity index (χ2v) is 11.3. The second-order valence-electron chi connectivity index (χ2n) is 11.3. The fourth-order valence-electron chi connectivity index (χ4n) is 5.76. The molecule has 0 saturated carbocycles. The molecule has 9 heteroatoms. The van der Waals surface area contributed by atoms with Crippen molar-refractivity contribution in [3.8, 4) is 16.9 Å². The van der Waals surface area contributed by atoms with Gasteiger partial charge in [0.05, 0.1) is 12.3 Å². The first-order valence-corrected chi connectivity index (χ1v) is 15.3. The third-order valence-corrected chi connectivity index (χ3v) is 8.25. The minimum atomic E-state index is -0.958. The summed E-state index contributed by atoms with van der Waals surface area (Å²) >= 11 is 0. The van der Waals surface area contributed by atoms with E-state index < -0.39 is 11.9 Å². The Morgan fingerprint density at radius 3 is 2.20 bits per heavy atom. The van der Waals surface area contributed by atoms with Crippen LogP contribution in [0.3, 0.4) is 0 Å². The molecule has 1 atom stereocenters. The molecule has 2 amide bonds. The first kappa shape index (κ1) is 31.4. The van der Waals surface area contributed by atoms with E-state index >= 15 is 0 Å². The molecule has 232 valence electrons. The summed E-state index contributed by atoms with van der Waals surface area (Å²) in [7, 11) is 0. The summed E-state index contributed by atoms with van der Waals surface area (Å²) in [6.45, 7) is 1.67. The number of carboxylic acid groups (broad SMARTS) is 1. The molecule has 0 unspecified atom stereocenters. The number of nitrogens with zero attached hydrogens (tertiary/aromatic N) is 3. The number of benzene rings is 3. The summed E-state index contributed by atoms with van der Waals surface area (Å²) < 4.78 is 5.93. The second kappa shape index (κ2) is 15.6. The lowest BCUT2D eigenvalue weighted by Gasteiger charge is -2.36. The van der Waals surface area contributed by atoms with Crippen molar-refractivity contribution in [1.29, 1.82) is 0 Å². The lowest BCUT2D eigenvalue weighted by Crippen LogP contribution is -2.43. The normalized spacial score (nSPS) is 14.0. The number of aromatic nitrogens is 2. The van der Waals surface area contributed by atoms with Gasteiger partial charge >= 0.3 is 5.97 Å². The van der Waals surface area contributed by atoms with Gasteiger partial charge in [0.15, 0.2) is 0 Å². The Balaban J connectivity index is 1.17. The molecule has 0 aliphatic carbocycles. The summed E-state index contributed by atoms with van der Waals surface area (Å²) in [6, 6.07) is 25.6.